The molecule has 1 aliphatic heterocycles. The Morgan fingerprint density at radius 3 is 2.78 bits per heavy atom. The predicted molar refractivity (Wildman–Crippen MR) is 99.7 cm³/mol. The van der Waals surface area contributed by atoms with Crippen LogP contribution in [0.2, 0.25) is 0 Å². The number of nitrogens with zero attached hydrogens (tertiary/aromatic N) is 3. The normalized spacial score (nSPS) is 17.2. The summed E-state index contributed by atoms with van der Waals surface area (Å²) < 4.78 is 13.4. The van der Waals surface area contributed by atoms with Crippen LogP contribution >= 0.6 is 0 Å². The molecular weight excluding hydrogens is 347 g/mol. The summed E-state index contributed by atoms with van der Waals surface area (Å²) in [6.07, 6.45) is 5.30. The molecular formula is C20H21FN4O2. The van der Waals surface area contributed by atoms with Gasteiger partial charge in [-0.2, -0.15) is 0 Å². The summed E-state index contributed by atoms with van der Waals surface area (Å²) in [6.45, 7) is 3.70. The highest BCUT2D eigenvalue weighted by Gasteiger charge is 2.32. The molecule has 2 N–H and O–H groups in total. The van der Waals surface area contributed by atoms with Crippen molar-refractivity contribution in [3.05, 3.63) is 65.9 Å². The summed E-state index contributed by atoms with van der Waals surface area (Å²) in [7, 11) is 0. The van der Waals surface area contributed by atoms with Crippen molar-refractivity contribution in [3.8, 4) is 0 Å². The first-order valence-corrected chi connectivity index (χ1v) is 8.96. The number of aromatic amines is 1. The minimum atomic E-state index is -0.888. The van der Waals surface area contributed by atoms with E-state index in [0.29, 0.717) is 24.2 Å². The maximum absolute atomic E-state index is 13.4. The molecule has 1 saturated heterocycles. The van der Waals surface area contributed by atoms with Crippen LogP contribution in [-0.4, -0.2) is 57.0 Å². The van der Waals surface area contributed by atoms with E-state index in [-0.39, 0.29) is 5.82 Å². The van der Waals surface area contributed by atoms with Crippen molar-refractivity contribution in [2.75, 3.05) is 26.2 Å². The lowest BCUT2D eigenvalue weighted by Gasteiger charge is -2.37. The highest BCUT2D eigenvalue weighted by molar-refractivity contribution is 5.89. The smallest absolute Gasteiger partial charge is 0.325 e. The van der Waals surface area contributed by atoms with Crippen LogP contribution in [0.15, 0.2) is 48.9 Å². The van der Waals surface area contributed by atoms with Gasteiger partial charge in [-0.15, -0.1) is 0 Å². The fourth-order valence-electron chi connectivity index (χ4n) is 3.76. The van der Waals surface area contributed by atoms with Gasteiger partial charge in [0.15, 0.2) is 0 Å². The van der Waals surface area contributed by atoms with Crippen LogP contribution < -0.4 is 0 Å². The Morgan fingerprint density at radius 1 is 1.26 bits per heavy atom. The highest BCUT2D eigenvalue weighted by Crippen LogP contribution is 2.30. The van der Waals surface area contributed by atoms with Gasteiger partial charge >= 0.3 is 5.97 Å². The van der Waals surface area contributed by atoms with Gasteiger partial charge in [0.2, 0.25) is 0 Å². The third-order valence-corrected chi connectivity index (χ3v) is 5.11. The van der Waals surface area contributed by atoms with Crippen molar-refractivity contribution in [1.29, 1.82) is 0 Å². The molecule has 140 valence electrons. The Morgan fingerprint density at radius 2 is 2.07 bits per heavy atom. The first-order valence-electron chi connectivity index (χ1n) is 8.96. The molecule has 1 aliphatic rings. The molecule has 1 unspecified atom stereocenters. The standard InChI is InChI=1S/C20H21FN4O2/c21-15-3-4-16-17(12-23-18(16)10-15)19(20(26)27)25-8-6-24(7-9-25)13-14-2-1-5-22-11-14/h1-5,10-12,19,23H,6-9,13H2,(H,26,27). The van der Waals surface area contributed by atoms with E-state index in [1.54, 1.807) is 18.5 Å². The molecule has 3 heterocycles. The predicted octanol–water partition coefficient (Wildman–Crippen LogP) is 2.65. The molecule has 0 saturated carbocycles. The number of rotatable bonds is 5. The van der Waals surface area contributed by atoms with Gasteiger partial charge < -0.3 is 10.1 Å². The first kappa shape index (κ1) is 17.6. The molecule has 6 nitrogen and oxygen atoms in total. The van der Waals surface area contributed by atoms with Gasteiger partial charge in [-0.3, -0.25) is 19.6 Å². The number of piperazine rings is 1. The minimum absolute atomic E-state index is 0.341. The van der Waals surface area contributed by atoms with Gasteiger partial charge in [0, 0.05) is 67.8 Å². The van der Waals surface area contributed by atoms with Gasteiger partial charge in [0.05, 0.1) is 0 Å². The lowest BCUT2D eigenvalue weighted by Crippen LogP contribution is -2.48. The van der Waals surface area contributed by atoms with Crippen LogP contribution in [0.3, 0.4) is 0 Å². The van der Waals surface area contributed by atoms with Crippen molar-refractivity contribution in [2.24, 2.45) is 0 Å². The summed E-state index contributed by atoms with van der Waals surface area (Å²) in [5.74, 6) is -1.23. The van der Waals surface area contributed by atoms with Crippen LogP contribution in [0.4, 0.5) is 4.39 Å². The monoisotopic (exact) mass is 368 g/mol. The van der Waals surface area contributed by atoms with E-state index in [4.69, 9.17) is 0 Å². The summed E-state index contributed by atoms with van der Waals surface area (Å²) in [4.78, 5) is 23.4. The van der Waals surface area contributed by atoms with Crippen LogP contribution in [0, 0.1) is 5.82 Å². The molecule has 0 aliphatic carbocycles. The molecule has 0 bridgehead atoms. The van der Waals surface area contributed by atoms with Crippen LogP contribution in [0.1, 0.15) is 17.2 Å². The quantitative estimate of drug-likeness (QED) is 0.724. The van der Waals surface area contributed by atoms with E-state index >= 15 is 0 Å². The van der Waals surface area contributed by atoms with Gasteiger partial charge in [0.25, 0.3) is 0 Å². The van der Waals surface area contributed by atoms with E-state index in [1.807, 2.05) is 23.2 Å². The number of hydrogen-bond donors (Lipinski definition) is 2. The van der Waals surface area contributed by atoms with Crippen LogP contribution in [0.25, 0.3) is 10.9 Å². The number of pyridine rings is 1. The molecule has 0 radical (unpaired) electrons. The number of fused-ring (bicyclic) bond motifs is 1. The number of halogens is 1. The molecule has 7 heteroatoms. The fourth-order valence-corrected chi connectivity index (χ4v) is 3.76. The fraction of sp³-hybridized carbons (Fsp3) is 0.300. The zero-order chi connectivity index (χ0) is 18.8. The van der Waals surface area contributed by atoms with Gasteiger partial charge in [-0.1, -0.05) is 6.07 Å². The second kappa shape index (κ2) is 7.46. The second-order valence-corrected chi connectivity index (χ2v) is 6.85. The summed E-state index contributed by atoms with van der Waals surface area (Å²) in [5.41, 5.74) is 2.45. The Balaban J connectivity index is 1.49. The Labute approximate surface area is 156 Å². The van der Waals surface area contributed by atoms with E-state index in [9.17, 15) is 14.3 Å². The minimum Gasteiger partial charge on any atom is -0.480 e. The molecule has 1 fully saturated rings. The number of carbonyl (C=O) groups is 1. The molecule has 2 aromatic heterocycles. The lowest BCUT2D eigenvalue weighted by atomic mass is 10.0. The number of nitrogens with one attached hydrogen (secondary N) is 1. The van der Waals surface area contributed by atoms with E-state index in [1.165, 1.54) is 12.1 Å². The Kier molecular flexibility index (Phi) is 4.87. The number of aliphatic carboxylic acids is 1. The van der Waals surface area contributed by atoms with E-state index in [2.05, 4.69) is 14.9 Å². The van der Waals surface area contributed by atoms with E-state index in [0.717, 1.165) is 30.6 Å². The maximum Gasteiger partial charge on any atom is 0.325 e. The SMILES string of the molecule is O=C(O)C(c1c[nH]c2cc(F)ccc12)N1CCN(Cc2cccnc2)CC1. The highest BCUT2D eigenvalue weighted by atomic mass is 19.1. The van der Waals surface area contributed by atoms with Crippen LogP contribution in [-0.2, 0) is 11.3 Å². The Bertz CT molecular complexity index is 936. The zero-order valence-electron chi connectivity index (χ0n) is 14.8. The van der Waals surface area contributed by atoms with Crippen molar-refractivity contribution in [1.82, 2.24) is 19.8 Å². The number of benzene rings is 1. The Hall–Kier alpha value is -2.77. The molecule has 4 rings (SSSR count). The number of aromatic nitrogens is 2. The van der Waals surface area contributed by atoms with Gasteiger partial charge in [-0.05, 0) is 29.8 Å². The van der Waals surface area contributed by atoms with Crippen molar-refractivity contribution < 1.29 is 14.3 Å². The molecule has 27 heavy (non-hydrogen) atoms. The largest absolute Gasteiger partial charge is 0.480 e. The molecule has 0 spiro atoms. The summed E-state index contributed by atoms with van der Waals surface area (Å²) in [5, 5.41) is 10.6. The van der Waals surface area contributed by atoms with E-state index < -0.39 is 12.0 Å². The number of H-pyrrole nitrogens is 1. The zero-order valence-corrected chi connectivity index (χ0v) is 14.8. The molecule has 0 amide bonds. The first-order chi connectivity index (χ1) is 13.1. The third-order valence-electron chi connectivity index (χ3n) is 5.11. The van der Waals surface area contributed by atoms with Gasteiger partial charge in [0.1, 0.15) is 11.9 Å². The average Bonchev–Trinajstić information content (AvgIpc) is 3.06. The van der Waals surface area contributed by atoms with Crippen molar-refractivity contribution >= 4 is 16.9 Å². The van der Waals surface area contributed by atoms with Crippen molar-refractivity contribution in [2.45, 2.75) is 12.6 Å². The molecule has 3 aromatic rings. The average molecular weight is 368 g/mol. The number of carboxylic acids is 1. The lowest BCUT2D eigenvalue weighted by molar-refractivity contribution is -0.144. The third kappa shape index (κ3) is 3.70. The van der Waals surface area contributed by atoms with Crippen molar-refractivity contribution in [3.63, 3.8) is 0 Å². The topological polar surface area (TPSA) is 72.5 Å². The maximum atomic E-state index is 13.4. The molecule has 1 aromatic carbocycles. The number of carboxylic acid groups (broad SMARTS) is 1. The summed E-state index contributed by atoms with van der Waals surface area (Å²) >= 11 is 0. The molecule has 1 atom stereocenters. The number of hydrogen-bond acceptors (Lipinski definition) is 4. The van der Waals surface area contributed by atoms with Gasteiger partial charge in [-0.25, -0.2) is 4.39 Å². The summed E-state index contributed by atoms with van der Waals surface area (Å²) in [6, 6.07) is 7.62. The van der Waals surface area contributed by atoms with Crippen LogP contribution in [0.5, 0.6) is 0 Å². The second-order valence-electron chi connectivity index (χ2n) is 6.85.